The normalized spacial score (nSPS) is 27.3. The number of guanidine groups is 1. The van der Waals surface area contributed by atoms with E-state index in [4.69, 9.17) is 4.74 Å². The van der Waals surface area contributed by atoms with E-state index in [0.29, 0.717) is 24.1 Å². The Bertz CT molecular complexity index is 581. The molecule has 140 valence electrons. The Morgan fingerprint density at radius 3 is 2.84 bits per heavy atom. The van der Waals surface area contributed by atoms with Crippen LogP contribution in [0.2, 0.25) is 0 Å². The number of hydrogen-bond acceptors (Lipinski definition) is 4. The molecule has 2 aliphatic rings. The van der Waals surface area contributed by atoms with E-state index < -0.39 is 5.60 Å². The van der Waals surface area contributed by atoms with Crippen molar-refractivity contribution in [3.05, 3.63) is 22.4 Å². The topological polar surface area (TPSA) is 65.9 Å². The summed E-state index contributed by atoms with van der Waals surface area (Å²) in [5.41, 5.74) is 0.277. The number of thiophene rings is 1. The van der Waals surface area contributed by atoms with Crippen molar-refractivity contribution >= 4 is 17.3 Å². The molecule has 1 aromatic heterocycles. The molecule has 3 rings (SSSR count). The van der Waals surface area contributed by atoms with Crippen LogP contribution >= 0.6 is 11.3 Å². The Labute approximate surface area is 154 Å². The lowest BCUT2D eigenvalue weighted by Gasteiger charge is -2.61. The zero-order valence-corrected chi connectivity index (χ0v) is 16.4. The van der Waals surface area contributed by atoms with Crippen LogP contribution in [0.25, 0.3) is 0 Å². The van der Waals surface area contributed by atoms with Crippen molar-refractivity contribution in [3.63, 3.8) is 0 Å². The summed E-state index contributed by atoms with van der Waals surface area (Å²) >= 11 is 1.60. The Kier molecular flexibility index (Phi) is 5.71. The minimum Gasteiger partial charge on any atom is -0.383 e. The van der Waals surface area contributed by atoms with Gasteiger partial charge in [-0.25, -0.2) is 4.99 Å². The van der Waals surface area contributed by atoms with Gasteiger partial charge in [0.1, 0.15) is 5.60 Å². The average Bonchev–Trinajstić information content (AvgIpc) is 3.05. The van der Waals surface area contributed by atoms with Crippen molar-refractivity contribution in [1.82, 2.24) is 10.6 Å². The van der Waals surface area contributed by atoms with Crippen LogP contribution in [0.5, 0.6) is 0 Å². The minimum absolute atomic E-state index is 0.294. The molecule has 6 heteroatoms. The predicted molar refractivity (Wildman–Crippen MR) is 103 cm³/mol. The van der Waals surface area contributed by atoms with Gasteiger partial charge < -0.3 is 20.5 Å². The van der Waals surface area contributed by atoms with Crippen LogP contribution in [0, 0.1) is 5.41 Å². The molecule has 2 saturated carbocycles. The van der Waals surface area contributed by atoms with Gasteiger partial charge in [-0.05, 0) is 62.4 Å². The molecule has 3 atom stereocenters. The third-order valence-corrected chi connectivity index (χ3v) is 6.46. The standard InChI is InChI=1S/C19H31N3O2S/c1-4-20-17(21-13-18(3,23)14-7-10-25-12-14)22-15-11-16(24-5-2)19(15)8-6-9-19/h7,10,12,15-16,23H,4-6,8-9,11,13H2,1-3H3,(H2,20,21,22). The number of nitrogens with zero attached hydrogens (tertiary/aromatic N) is 1. The second kappa shape index (κ2) is 7.64. The van der Waals surface area contributed by atoms with Crippen molar-refractivity contribution in [2.45, 2.75) is 64.2 Å². The maximum Gasteiger partial charge on any atom is 0.191 e. The lowest BCUT2D eigenvalue weighted by Crippen LogP contribution is -2.68. The van der Waals surface area contributed by atoms with Gasteiger partial charge in [0, 0.05) is 24.6 Å². The largest absolute Gasteiger partial charge is 0.383 e. The van der Waals surface area contributed by atoms with Gasteiger partial charge in [-0.15, -0.1) is 0 Å². The van der Waals surface area contributed by atoms with Crippen LogP contribution in [-0.4, -0.2) is 42.9 Å². The summed E-state index contributed by atoms with van der Waals surface area (Å²) < 4.78 is 5.93. The monoisotopic (exact) mass is 365 g/mol. The molecule has 3 unspecified atom stereocenters. The average molecular weight is 366 g/mol. The van der Waals surface area contributed by atoms with Gasteiger partial charge >= 0.3 is 0 Å². The molecule has 1 spiro atoms. The Morgan fingerprint density at radius 1 is 1.48 bits per heavy atom. The van der Waals surface area contributed by atoms with E-state index in [1.807, 2.05) is 23.8 Å². The van der Waals surface area contributed by atoms with Crippen molar-refractivity contribution in [3.8, 4) is 0 Å². The molecule has 2 fully saturated rings. The maximum absolute atomic E-state index is 10.7. The summed E-state index contributed by atoms with van der Waals surface area (Å²) in [6.45, 7) is 7.90. The van der Waals surface area contributed by atoms with E-state index in [9.17, 15) is 5.11 Å². The lowest BCUT2D eigenvalue weighted by molar-refractivity contribution is -0.168. The highest BCUT2D eigenvalue weighted by Crippen LogP contribution is 2.57. The fraction of sp³-hybridized carbons (Fsp3) is 0.737. The summed E-state index contributed by atoms with van der Waals surface area (Å²) in [7, 11) is 0. The maximum atomic E-state index is 10.7. The zero-order chi connectivity index (χ0) is 17.9. The van der Waals surface area contributed by atoms with Gasteiger partial charge in [-0.2, -0.15) is 11.3 Å². The van der Waals surface area contributed by atoms with Crippen molar-refractivity contribution < 1.29 is 9.84 Å². The first-order valence-electron chi connectivity index (χ1n) is 9.43. The Balaban J connectivity index is 1.64. The number of hydrogen-bond donors (Lipinski definition) is 3. The Hall–Kier alpha value is -1.11. The van der Waals surface area contributed by atoms with Crippen LogP contribution in [-0.2, 0) is 10.3 Å². The molecule has 25 heavy (non-hydrogen) atoms. The number of aliphatic hydroxyl groups is 1. The van der Waals surface area contributed by atoms with Gasteiger partial charge in [0.25, 0.3) is 0 Å². The third kappa shape index (κ3) is 3.71. The van der Waals surface area contributed by atoms with Crippen LogP contribution in [0.1, 0.15) is 52.0 Å². The van der Waals surface area contributed by atoms with Crippen molar-refractivity contribution in [2.75, 3.05) is 19.7 Å². The van der Waals surface area contributed by atoms with Gasteiger partial charge in [0.15, 0.2) is 5.96 Å². The summed E-state index contributed by atoms with van der Waals surface area (Å²) in [4.78, 5) is 4.67. The number of aliphatic imine (C=N–C) groups is 1. The van der Waals surface area contributed by atoms with E-state index >= 15 is 0 Å². The van der Waals surface area contributed by atoms with E-state index in [2.05, 4.69) is 29.5 Å². The minimum atomic E-state index is -0.940. The molecule has 0 aliphatic heterocycles. The summed E-state index contributed by atoms with van der Waals surface area (Å²) in [6, 6.07) is 2.38. The quantitative estimate of drug-likeness (QED) is 0.513. The molecule has 1 heterocycles. The number of nitrogens with one attached hydrogen (secondary N) is 2. The second-order valence-electron chi connectivity index (χ2n) is 7.44. The van der Waals surface area contributed by atoms with Gasteiger partial charge in [-0.3, -0.25) is 0 Å². The SMILES string of the molecule is CCNC(=NCC(C)(O)c1ccsc1)NC1CC(OCC)C12CCC2. The molecule has 5 nitrogen and oxygen atoms in total. The highest BCUT2D eigenvalue weighted by molar-refractivity contribution is 7.08. The predicted octanol–water partition coefficient (Wildman–Crippen LogP) is 2.86. The van der Waals surface area contributed by atoms with E-state index in [1.54, 1.807) is 11.3 Å². The van der Waals surface area contributed by atoms with Crippen LogP contribution in [0.4, 0.5) is 0 Å². The van der Waals surface area contributed by atoms with Crippen LogP contribution in [0.3, 0.4) is 0 Å². The molecule has 0 radical (unpaired) electrons. The summed E-state index contributed by atoms with van der Waals surface area (Å²) in [5.74, 6) is 0.796. The second-order valence-corrected chi connectivity index (χ2v) is 8.22. The van der Waals surface area contributed by atoms with Gasteiger partial charge in [0.2, 0.25) is 0 Å². The van der Waals surface area contributed by atoms with Gasteiger partial charge in [0.05, 0.1) is 12.6 Å². The fourth-order valence-electron chi connectivity index (χ4n) is 4.02. The lowest BCUT2D eigenvalue weighted by atomic mass is 9.51. The highest BCUT2D eigenvalue weighted by Gasteiger charge is 2.59. The first-order chi connectivity index (χ1) is 12.0. The number of ether oxygens (including phenoxy) is 1. The van der Waals surface area contributed by atoms with Crippen molar-refractivity contribution in [2.24, 2.45) is 10.4 Å². The molecule has 1 aromatic rings. The fourth-order valence-corrected chi connectivity index (χ4v) is 4.80. The highest BCUT2D eigenvalue weighted by atomic mass is 32.1. The molecule has 0 saturated heterocycles. The third-order valence-electron chi connectivity index (χ3n) is 5.78. The zero-order valence-electron chi connectivity index (χ0n) is 15.5. The number of rotatable bonds is 7. The van der Waals surface area contributed by atoms with Gasteiger partial charge in [-0.1, -0.05) is 6.42 Å². The summed E-state index contributed by atoms with van der Waals surface area (Å²) in [6.07, 6.45) is 5.20. The summed E-state index contributed by atoms with van der Waals surface area (Å²) in [5, 5.41) is 21.6. The molecule has 3 N–H and O–H groups in total. The van der Waals surface area contributed by atoms with E-state index in [1.165, 1.54) is 19.3 Å². The van der Waals surface area contributed by atoms with Crippen LogP contribution < -0.4 is 10.6 Å². The molecular formula is C19H31N3O2S. The first-order valence-corrected chi connectivity index (χ1v) is 10.4. The molecule has 0 bridgehead atoms. The molecular weight excluding hydrogens is 334 g/mol. The van der Waals surface area contributed by atoms with Crippen LogP contribution in [0.15, 0.2) is 21.8 Å². The first kappa shape index (κ1) is 18.7. The molecule has 0 amide bonds. The van der Waals surface area contributed by atoms with E-state index in [-0.39, 0.29) is 0 Å². The molecule has 0 aromatic carbocycles. The van der Waals surface area contributed by atoms with E-state index in [0.717, 1.165) is 31.1 Å². The Morgan fingerprint density at radius 2 is 2.28 bits per heavy atom. The molecule has 2 aliphatic carbocycles. The van der Waals surface area contributed by atoms with Crippen molar-refractivity contribution in [1.29, 1.82) is 0 Å². The smallest absolute Gasteiger partial charge is 0.191 e.